The molecule has 1 N–H and O–H groups in total. The fraction of sp³-hybridized carbons (Fsp3) is 0.583. The molecular weight excluding hydrogens is 314 g/mol. The second-order valence-electron chi connectivity index (χ2n) is 4.63. The third-order valence-corrected chi connectivity index (χ3v) is 3.84. The van der Waals surface area contributed by atoms with E-state index in [1.54, 1.807) is 4.90 Å². The van der Waals surface area contributed by atoms with Crippen molar-refractivity contribution in [2.45, 2.75) is 32.2 Å². The summed E-state index contributed by atoms with van der Waals surface area (Å²) >= 11 is 3.05. The van der Waals surface area contributed by atoms with Gasteiger partial charge >= 0.3 is 5.69 Å². The summed E-state index contributed by atoms with van der Waals surface area (Å²) in [5.41, 5.74) is -1.04. The lowest BCUT2D eigenvalue weighted by molar-refractivity contribution is -0.131. The van der Waals surface area contributed by atoms with Gasteiger partial charge in [-0.05, 0) is 28.8 Å². The Hall–Kier alpha value is -1.37. The van der Waals surface area contributed by atoms with Crippen LogP contribution in [0.2, 0.25) is 0 Å². The van der Waals surface area contributed by atoms with Crippen molar-refractivity contribution >= 4 is 21.8 Å². The maximum absolute atomic E-state index is 12.1. The highest BCUT2D eigenvalue weighted by Crippen LogP contribution is 2.09. The summed E-state index contributed by atoms with van der Waals surface area (Å²) in [6, 6.07) is 0. The van der Waals surface area contributed by atoms with Gasteiger partial charge in [-0.15, -0.1) is 0 Å². The quantitative estimate of drug-likeness (QED) is 0.867. The molecule has 2 heterocycles. The number of aromatic amines is 1. The van der Waals surface area contributed by atoms with Crippen LogP contribution in [0.1, 0.15) is 25.7 Å². The number of H-pyrrole nitrogens is 1. The van der Waals surface area contributed by atoms with E-state index < -0.39 is 11.2 Å². The lowest BCUT2D eigenvalue weighted by Gasteiger charge is -2.20. The average Bonchev–Trinajstić information content (AvgIpc) is 2.68. The highest BCUT2D eigenvalue weighted by Gasteiger charge is 2.17. The molecule has 1 aromatic heterocycles. The monoisotopic (exact) mass is 329 g/mol. The number of likely N-dealkylation sites (tertiary alicyclic amines) is 1. The van der Waals surface area contributed by atoms with Gasteiger partial charge in [0.2, 0.25) is 5.91 Å². The molecule has 1 aliphatic rings. The number of hydrogen-bond acceptors (Lipinski definition) is 3. The van der Waals surface area contributed by atoms with Crippen molar-refractivity contribution in [1.29, 1.82) is 0 Å². The molecule has 7 heteroatoms. The van der Waals surface area contributed by atoms with Crippen LogP contribution in [0.3, 0.4) is 0 Å². The predicted molar refractivity (Wildman–Crippen MR) is 74.1 cm³/mol. The van der Waals surface area contributed by atoms with Gasteiger partial charge in [0.25, 0.3) is 5.56 Å². The first-order valence-corrected chi connectivity index (χ1v) is 7.14. The van der Waals surface area contributed by atoms with Crippen molar-refractivity contribution in [3.63, 3.8) is 0 Å². The molecule has 104 valence electrons. The van der Waals surface area contributed by atoms with Crippen LogP contribution in [-0.2, 0) is 11.3 Å². The van der Waals surface area contributed by atoms with Crippen molar-refractivity contribution in [3.05, 3.63) is 31.5 Å². The van der Waals surface area contributed by atoms with E-state index in [1.807, 2.05) is 0 Å². The number of hydrogen-bond donors (Lipinski definition) is 1. The van der Waals surface area contributed by atoms with Crippen molar-refractivity contribution in [2.75, 3.05) is 13.1 Å². The normalized spacial score (nSPS) is 16.2. The van der Waals surface area contributed by atoms with E-state index in [4.69, 9.17) is 0 Å². The Kier molecular flexibility index (Phi) is 4.57. The summed E-state index contributed by atoms with van der Waals surface area (Å²) in [7, 11) is 0. The minimum Gasteiger partial charge on any atom is -0.341 e. The van der Waals surface area contributed by atoms with Gasteiger partial charge in [0.1, 0.15) is 6.54 Å². The number of carbonyl (C=O) groups excluding carboxylic acids is 1. The van der Waals surface area contributed by atoms with Crippen molar-refractivity contribution in [3.8, 4) is 0 Å². The Morgan fingerprint density at radius 1 is 1.21 bits per heavy atom. The number of nitrogens with zero attached hydrogens (tertiary/aromatic N) is 2. The standard InChI is InChI=1S/C12H16BrN3O3/c13-9-7-14-12(19)16(11(9)18)8-10(17)15-5-3-1-2-4-6-15/h7H,1-6,8H2,(H,14,19). The average molecular weight is 330 g/mol. The van der Waals surface area contributed by atoms with Gasteiger partial charge in [0.05, 0.1) is 4.47 Å². The van der Waals surface area contributed by atoms with Crippen LogP contribution in [0, 0.1) is 0 Å². The Morgan fingerprint density at radius 2 is 1.84 bits per heavy atom. The summed E-state index contributed by atoms with van der Waals surface area (Å²) in [5.74, 6) is -0.174. The number of rotatable bonds is 2. The second-order valence-corrected chi connectivity index (χ2v) is 5.48. The SMILES string of the molecule is O=C(Cn1c(=O)[nH]cc(Br)c1=O)N1CCCCCC1. The van der Waals surface area contributed by atoms with Crippen molar-refractivity contribution < 1.29 is 4.79 Å². The summed E-state index contributed by atoms with van der Waals surface area (Å²) in [4.78, 5) is 39.7. The molecule has 0 saturated carbocycles. The first-order valence-electron chi connectivity index (χ1n) is 6.35. The number of nitrogens with one attached hydrogen (secondary N) is 1. The van der Waals surface area contributed by atoms with Crippen molar-refractivity contribution in [2.24, 2.45) is 0 Å². The third kappa shape index (κ3) is 3.34. The molecule has 1 aliphatic heterocycles. The molecule has 1 fully saturated rings. The van der Waals surface area contributed by atoms with E-state index in [0.717, 1.165) is 30.3 Å². The van der Waals surface area contributed by atoms with Gasteiger partial charge < -0.3 is 9.88 Å². The van der Waals surface area contributed by atoms with Crippen LogP contribution in [-0.4, -0.2) is 33.4 Å². The lowest BCUT2D eigenvalue weighted by Crippen LogP contribution is -2.42. The van der Waals surface area contributed by atoms with E-state index in [2.05, 4.69) is 20.9 Å². The summed E-state index contributed by atoms with van der Waals surface area (Å²) < 4.78 is 1.17. The first kappa shape index (κ1) is 14.0. The molecule has 2 rings (SSSR count). The Labute approximate surface area is 118 Å². The highest BCUT2D eigenvalue weighted by molar-refractivity contribution is 9.10. The van der Waals surface area contributed by atoms with Gasteiger partial charge in [0.15, 0.2) is 0 Å². The number of amides is 1. The molecule has 1 saturated heterocycles. The fourth-order valence-corrected chi connectivity index (χ4v) is 2.51. The number of carbonyl (C=O) groups is 1. The number of aromatic nitrogens is 2. The first-order chi connectivity index (χ1) is 9.09. The maximum Gasteiger partial charge on any atom is 0.328 e. The zero-order chi connectivity index (χ0) is 13.8. The molecule has 0 atom stereocenters. The Bertz CT molecular complexity index is 570. The van der Waals surface area contributed by atoms with Crippen molar-refractivity contribution in [1.82, 2.24) is 14.5 Å². The molecule has 1 aromatic rings. The summed E-state index contributed by atoms with van der Waals surface area (Å²) in [6.07, 6.45) is 5.50. The van der Waals surface area contributed by atoms with Gasteiger partial charge in [-0.1, -0.05) is 12.8 Å². The topological polar surface area (TPSA) is 75.2 Å². The summed E-state index contributed by atoms with van der Waals surface area (Å²) in [6.45, 7) is 1.21. The molecule has 6 nitrogen and oxygen atoms in total. The smallest absolute Gasteiger partial charge is 0.328 e. The maximum atomic E-state index is 12.1. The molecular formula is C12H16BrN3O3. The van der Waals surface area contributed by atoms with Gasteiger partial charge in [-0.3, -0.25) is 9.59 Å². The fourth-order valence-electron chi connectivity index (χ4n) is 2.18. The zero-order valence-corrected chi connectivity index (χ0v) is 12.1. The molecule has 0 bridgehead atoms. The predicted octanol–water partition coefficient (Wildman–Crippen LogP) is 0.702. The van der Waals surface area contributed by atoms with Crippen LogP contribution >= 0.6 is 15.9 Å². The van der Waals surface area contributed by atoms with Crippen LogP contribution in [0.5, 0.6) is 0 Å². The molecule has 19 heavy (non-hydrogen) atoms. The lowest BCUT2D eigenvalue weighted by atomic mass is 10.2. The largest absolute Gasteiger partial charge is 0.341 e. The van der Waals surface area contributed by atoms with Crippen LogP contribution < -0.4 is 11.2 Å². The van der Waals surface area contributed by atoms with Crippen LogP contribution in [0.25, 0.3) is 0 Å². The molecule has 0 unspecified atom stereocenters. The van der Waals surface area contributed by atoms with Gasteiger partial charge in [-0.25, -0.2) is 9.36 Å². The van der Waals surface area contributed by atoms with E-state index in [0.29, 0.717) is 13.1 Å². The second kappa shape index (κ2) is 6.18. The highest BCUT2D eigenvalue weighted by atomic mass is 79.9. The molecule has 1 amide bonds. The number of halogens is 1. The molecule has 0 radical (unpaired) electrons. The van der Waals surface area contributed by atoms with E-state index in [1.165, 1.54) is 6.20 Å². The van der Waals surface area contributed by atoms with Crippen LogP contribution in [0.15, 0.2) is 20.3 Å². The zero-order valence-electron chi connectivity index (χ0n) is 10.5. The Balaban J connectivity index is 2.17. The van der Waals surface area contributed by atoms with E-state index in [-0.39, 0.29) is 16.9 Å². The molecule has 0 aromatic carbocycles. The van der Waals surface area contributed by atoms with E-state index >= 15 is 0 Å². The van der Waals surface area contributed by atoms with Crippen LogP contribution in [0.4, 0.5) is 0 Å². The van der Waals surface area contributed by atoms with Gasteiger partial charge in [-0.2, -0.15) is 0 Å². The minimum atomic E-state index is -0.559. The Morgan fingerprint density at radius 3 is 2.47 bits per heavy atom. The van der Waals surface area contributed by atoms with E-state index in [9.17, 15) is 14.4 Å². The molecule has 0 spiro atoms. The van der Waals surface area contributed by atoms with Gasteiger partial charge in [0, 0.05) is 19.3 Å². The summed E-state index contributed by atoms with van der Waals surface area (Å²) in [5, 5.41) is 0. The minimum absolute atomic E-state index is 0.174. The third-order valence-electron chi connectivity index (χ3n) is 3.27. The molecule has 0 aliphatic carbocycles.